The van der Waals surface area contributed by atoms with E-state index in [1.165, 1.54) is 11.2 Å². The van der Waals surface area contributed by atoms with Gasteiger partial charge in [-0.3, -0.25) is 4.98 Å². The van der Waals surface area contributed by atoms with E-state index in [-0.39, 0.29) is 0 Å². The molecule has 3 rings (SSSR count). The van der Waals surface area contributed by atoms with Crippen LogP contribution in [0.3, 0.4) is 0 Å². The molecule has 0 atom stereocenters. The van der Waals surface area contributed by atoms with E-state index in [2.05, 4.69) is 32.6 Å². The molecule has 1 aromatic carbocycles. The molecule has 2 aromatic heterocycles. The lowest BCUT2D eigenvalue weighted by molar-refractivity contribution is -0.645. The van der Waals surface area contributed by atoms with Gasteiger partial charge in [0.15, 0.2) is 11.0 Å². The van der Waals surface area contributed by atoms with Crippen molar-refractivity contribution in [3.63, 3.8) is 0 Å². The SMILES string of the molecule is C[n+]1cn(-c2ccccc2)c2ccncc21. The monoisotopic (exact) mass is 210 g/mol. The molecule has 0 spiro atoms. The highest BCUT2D eigenvalue weighted by atomic mass is 15.1. The molecule has 0 radical (unpaired) electrons. The summed E-state index contributed by atoms with van der Waals surface area (Å²) >= 11 is 0. The first-order valence-electron chi connectivity index (χ1n) is 5.22. The highest BCUT2D eigenvalue weighted by molar-refractivity contribution is 5.72. The molecular formula is C13H12N3+. The Morgan fingerprint density at radius 2 is 1.94 bits per heavy atom. The third-order valence-electron chi connectivity index (χ3n) is 2.74. The Morgan fingerprint density at radius 1 is 1.12 bits per heavy atom. The number of para-hydroxylation sites is 1. The Bertz CT molecular complexity index is 626. The predicted molar refractivity (Wildman–Crippen MR) is 62.2 cm³/mol. The lowest BCUT2D eigenvalue weighted by Crippen LogP contribution is -2.25. The number of fused-ring (bicyclic) bond motifs is 1. The largest absolute Gasteiger partial charge is 0.260 e. The minimum absolute atomic E-state index is 1.13. The van der Waals surface area contributed by atoms with Gasteiger partial charge in [0, 0.05) is 12.3 Å². The zero-order valence-corrected chi connectivity index (χ0v) is 9.04. The van der Waals surface area contributed by atoms with E-state index in [0.29, 0.717) is 0 Å². The third kappa shape index (κ3) is 1.29. The average molecular weight is 210 g/mol. The van der Waals surface area contributed by atoms with Crippen molar-refractivity contribution in [1.29, 1.82) is 0 Å². The fourth-order valence-corrected chi connectivity index (χ4v) is 1.95. The van der Waals surface area contributed by atoms with Crippen molar-refractivity contribution < 1.29 is 4.57 Å². The molecular weight excluding hydrogens is 198 g/mol. The van der Waals surface area contributed by atoms with Crippen molar-refractivity contribution in [3.8, 4) is 5.69 Å². The molecule has 0 N–H and O–H groups in total. The number of hydrogen-bond donors (Lipinski definition) is 0. The van der Waals surface area contributed by atoms with Crippen molar-refractivity contribution in [2.75, 3.05) is 0 Å². The number of nitrogens with zero attached hydrogens (tertiary/aromatic N) is 3. The van der Waals surface area contributed by atoms with Crippen LogP contribution in [0.5, 0.6) is 0 Å². The summed E-state index contributed by atoms with van der Waals surface area (Å²) in [7, 11) is 2.03. The Morgan fingerprint density at radius 3 is 2.75 bits per heavy atom. The Kier molecular flexibility index (Phi) is 1.96. The van der Waals surface area contributed by atoms with Gasteiger partial charge < -0.3 is 0 Å². The molecule has 0 unspecified atom stereocenters. The van der Waals surface area contributed by atoms with Crippen molar-refractivity contribution in [2.45, 2.75) is 0 Å². The van der Waals surface area contributed by atoms with E-state index < -0.39 is 0 Å². The van der Waals surface area contributed by atoms with Crippen LogP contribution in [0, 0.1) is 0 Å². The van der Waals surface area contributed by atoms with Crippen LogP contribution in [0.2, 0.25) is 0 Å². The maximum atomic E-state index is 4.15. The second-order valence-electron chi connectivity index (χ2n) is 3.80. The lowest BCUT2D eigenvalue weighted by Gasteiger charge is -1.95. The Balaban J connectivity index is 2.33. The smallest absolute Gasteiger partial charge is 0.249 e. The maximum absolute atomic E-state index is 4.15. The van der Waals surface area contributed by atoms with Crippen molar-refractivity contribution >= 4 is 11.0 Å². The minimum Gasteiger partial charge on any atom is -0.260 e. The van der Waals surface area contributed by atoms with Gasteiger partial charge in [-0.05, 0) is 12.1 Å². The average Bonchev–Trinajstić information content (AvgIpc) is 2.69. The van der Waals surface area contributed by atoms with Gasteiger partial charge in [-0.1, -0.05) is 18.2 Å². The van der Waals surface area contributed by atoms with Gasteiger partial charge in [0.2, 0.25) is 6.33 Å². The number of aromatic nitrogens is 3. The van der Waals surface area contributed by atoms with Gasteiger partial charge in [-0.15, -0.1) is 0 Å². The molecule has 0 saturated carbocycles. The van der Waals surface area contributed by atoms with E-state index in [9.17, 15) is 0 Å². The van der Waals surface area contributed by atoms with Crippen LogP contribution in [0.4, 0.5) is 0 Å². The molecule has 0 amide bonds. The van der Waals surface area contributed by atoms with Crippen molar-refractivity contribution in [1.82, 2.24) is 9.55 Å². The zero-order valence-electron chi connectivity index (χ0n) is 9.04. The first kappa shape index (κ1) is 9.09. The number of benzene rings is 1. The summed E-state index contributed by atoms with van der Waals surface area (Å²) < 4.78 is 4.24. The predicted octanol–water partition coefficient (Wildman–Crippen LogP) is 1.85. The van der Waals surface area contributed by atoms with Gasteiger partial charge in [-0.25, -0.2) is 4.57 Å². The van der Waals surface area contributed by atoms with E-state index >= 15 is 0 Å². The molecule has 0 bridgehead atoms. The summed E-state index contributed by atoms with van der Waals surface area (Å²) in [6, 6.07) is 12.3. The fraction of sp³-hybridized carbons (Fsp3) is 0.0769. The molecule has 3 aromatic rings. The molecule has 16 heavy (non-hydrogen) atoms. The molecule has 0 saturated heterocycles. The van der Waals surface area contributed by atoms with E-state index in [1.807, 2.05) is 43.7 Å². The summed E-state index contributed by atoms with van der Waals surface area (Å²) in [5.74, 6) is 0. The fourth-order valence-electron chi connectivity index (χ4n) is 1.95. The van der Waals surface area contributed by atoms with Crippen molar-refractivity contribution in [3.05, 3.63) is 55.1 Å². The first-order valence-corrected chi connectivity index (χ1v) is 5.22. The number of imidazole rings is 1. The molecule has 0 fully saturated rings. The summed E-state index contributed by atoms with van der Waals surface area (Å²) in [5.41, 5.74) is 3.47. The summed E-state index contributed by atoms with van der Waals surface area (Å²) in [6.45, 7) is 0. The number of hydrogen-bond acceptors (Lipinski definition) is 1. The number of pyridine rings is 1. The Labute approximate surface area is 93.6 Å². The van der Waals surface area contributed by atoms with Crippen LogP contribution in [0.15, 0.2) is 55.1 Å². The van der Waals surface area contributed by atoms with Crippen LogP contribution in [-0.4, -0.2) is 9.55 Å². The molecule has 0 aliphatic carbocycles. The van der Waals surface area contributed by atoms with Gasteiger partial charge >= 0.3 is 0 Å². The van der Waals surface area contributed by atoms with Gasteiger partial charge in [-0.2, -0.15) is 4.57 Å². The molecule has 3 nitrogen and oxygen atoms in total. The van der Waals surface area contributed by atoms with Crippen LogP contribution in [0.1, 0.15) is 0 Å². The van der Waals surface area contributed by atoms with E-state index in [0.717, 1.165) is 5.52 Å². The number of aryl methyl sites for hydroxylation is 1. The quantitative estimate of drug-likeness (QED) is 0.562. The van der Waals surface area contributed by atoms with Crippen molar-refractivity contribution in [2.24, 2.45) is 7.05 Å². The maximum Gasteiger partial charge on any atom is 0.249 e. The first-order chi connectivity index (χ1) is 7.86. The molecule has 2 heterocycles. The van der Waals surface area contributed by atoms with Crippen LogP contribution < -0.4 is 4.57 Å². The molecule has 0 aliphatic rings. The molecule has 3 heteroatoms. The second kappa shape index (κ2) is 3.45. The lowest BCUT2D eigenvalue weighted by atomic mass is 10.3. The standard InChI is InChI=1S/C13H12N3/c1-15-10-16(11-5-3-2-4-6-11)12-7-8-14-9-13(12)15/h2-10H,1H3/q+1. The van der Waals surface area contributed by atoms with Crippen LogP contribution >= 0.6 is 0 Å². The van der Waals surface area contributed by atoms with Crippen LogP contribution in [0.25, 0.3) is 16.7 Å². The molecule has 78 valence electrons. The summed E-state index contributed by atoms with van der Waals surface area (Å²) in [5, 5.41) is 0. The van der Waals surface area contributed by atoms with Gasteiger partial charge in [0.25, 0.3) is 0 Å². The van der Waals surface area contributed by atoms with Gasteiger partial charge in [0.1, 0.15) is 5.69 Å². The minimum atomic E-state index is 1.13. The van der Waals surface area contributed by atoms with Crippen LogP contribution in [-0.2, 0) is 7.05 Å². The number of rotatable bonds is 1. The highest BCUT2D eigenvalue weighted by Crippen LogP contribution is 2.14. The van der Waals surface area contributed by atoms with Gasteiger partial charge in [0.05, 0.1) is 13.2 Å². The molecule has 0 aliphatic heterocycles. The van der Waals surface area contributed by atoms with E-state index in [1.54, 1.807) is 0 Å². The second-order valence-corrected chi connectivity index (χ2v) is 3.80. The third-order valence-corrected chi connectivity index (χ3v) is 2.74. The van der Waals surface area contributed by atoms with E-state index in [4.69, 9.17) is 0 Å². The topological polar surface area (TPSA) is 21.7 Å². The normalized spacial score (nSPS) is 10.8. The summed E-state index contributed by atoms with van der Waals surface area (Å²) in [6.07, 6.45) is 5.78. The summed E-state index contributed by atoms with van der Waals surface area (Å²) in [4.78, 5) is 4.15. The Hall–Kier alpha value is -2.16. The highest BCUT2D eigenvalue weighted by Gasteiger charge is 2.13. The zero-order chi connectivity index (χ0) is 11.0.